The molecule has 0 saturated carbocycles. The fourth-order valence-corrected chi connectivity index (χ4v) is 1.46. The second-order valence-electron chi connectivity index (χ2n) is 2.75. The normalized spacial score (nSPS) is 11.5. The summed E-state index contributed by atoms with van der Waals surface area (Å²) in [7, 11) is -4.51. The van der Waals surface area contributed by atoms with Crippen LogP contribution >= 0.6 is 7.60 Å². The predicted octanol–water partition coefficient (Wildman–Crippen LogP) is 0.368. The molecule has 0 fully saturated rings. The Hall–Kier alpha value is -1.10. The first-order chi connectivity index (χ1) is 6.86. The van der Waals surface area contributed by atoms with Gasteiger partial charge in [0.15, 0.2) is 0 Å². The first-order valence-corrected chi connectivity index (χ1v) is 5.73. The third-order valence-corrected chi connectivity index (χ3v) is 2.29. The van der Waals surface area contributed by atoms with Gasteiger partial charge in [0.05, 0.1) is 6.61 Å². The van der Waals surface area contributed by atoms with Crippen LogP contribution in [0.4, 0.5) is 0 Å². The lowest BCUT2D eigenvalue weighted by atomic mass is 10.3. The number of aryl methyl sites for hydroxylation is 1. The van der Waals surface area contributed by atoms with Crippen LogP contribution < -0.4 is 5.50 Å². The minimum Gasteiger partial charge on any atom is -0.460 e. The molecule has 1 rings (SSSR count). The molecule has 0 aromatic carbocycles. The third kappa shape index (κ3) is 2.68. The molecule has 83 valence electrons. The molecule has 0 bridgehead atoms. The summed E-state index contributed by atoms with van der Waals surface area (Å²) in [6, 6.07) is 2.29. The van der Waals surface area contributed by atoms with Crippen molar-refractivity contribution in [3.8, 4) is 0 Å². The van der Waals surface area contributed by atoms with Gasteiger partial charge < -0.3 is 18.9 Å². The van der Waals surface area contributed by atoms with Crippen molar-refractivity contribution in [2.75, 3.05) is 6.61 Å². The zero-order valence-electron chi connectivity index (χ0n) is 8.18. The number of furan rings is 1. The molecular weight excluding hydrogens is 223 g/mol. The van der Waals surface area contributed by atoms with Crippen LogP contribution in [0.15, 0.2) is 4.42 Å². The summed E-state index contributed by atoms with van der Waals surface area (Å²) < 4.78 is 20.1. The molecule has 0 aliphatic heterocycles. The maximum absolute atomic E-state index is 11.2. The number of carbonyl (C=O) groups is 1. The maximum Gasteiger partial charge on any atom is 0.391 e. The summed E-state index contributed by atoms with van der Waals surface area (Å²) in [6.45, 7) is 3.23. The van der Waals surface area contributed by atoms with Crippen molar-refractivity contribution >= 4 is 19.1 Å². The van der Waals surface area contributed by atoms with E-state index in [1.807, 2.05) is 0 Å². The Morgan fingerprint density at radius 1 is 1.60 bits per heavy atom. The van der Waals surface area contributed by atoms with Gasteiger partial charge in [0, 0.05) is 11.6 Å². The Balaban J connectivity index is 3.07. The van der Waals surface area contributed by atoms with E-state index in [-0.39, 0.29) is 17.9 Å². The molecule has 0 unspecified atom stereocenters. The van der Waals surface area contributed by atoms with Crippen molar-refractivity contribution in [3.05, 3.63) is 17.4 Å². The monoisotopic (exact) mass is 233 g/mol. The quantitative estimate of drug-likeness (QED) is 0.578. The van der Waals surface area contributed by atoms with E-state index in [0.29, 0.717) is 0 Å². The minimum atomic E-state index is -4.51. The van der Waals surface area contributed by atoms with Crippen molar-refractivity contribution in [2.24, 2.45) is 0 Å². The fourth-order valence-electron chi connectivity index (χ4n) is 0.940. The summed E-state index contributed by atoms with van der Waals surface area (Å²) >= 11 is 0. The van der Waals surface area contributed by atoms with Gasteiger partial charge in [-0.3, -0.25) is 4.57 Å². The average molecular weight is 233 g/mol. The first kappa shape index (κ1) is 12.0. The second kappa shape index (κ2) is 4.18. The van der Waals surface area contributed by atoms with Crippen LogP contribution in [0.25, 0.3) is 0 Å². The number of rotatable bonds is 3. The van der Waals surface area contributed by atoms with E-state index in [9.17, 15) is 9.36 Å². The number of esters is 1. The summed E-state index contributed by atoms with van der Waals surface area (Å²) in [5.74, 6) is -0.985. The van der Waals surface area contributed by atoms with Crippen molar-refractivity contribution in [3.63, 3.8) is 0 Å². The molecule has 1 aromatic heterocycles. The van der Waals surface area contributed by atoms with Crippen LogP contribution in [0.1, 0.15) is 23.0 Å². The molecule has 0 amide bonds. The van der Waals surface area contributed by atoms with Gasteiger partial charge >= 0.3 is 13.6 Å². The van der Waals surface area contributed by atoms with E-state index >= 15 is 0 Å². The number of carbonyl (C=O) groups excluding carboxylic acids is 1. The van der Waals surface area contributed by atoms with Gasteiger partial charge in [-0.15, -0.1) is 0 Å². The molecule has 0 aliphatic carbocycles. The van der Waals surface area contributed by atoms with Crippen LogP contribution in [0.2, 0.25) is 0 Å². The zero-order chi connectivity index (χ0) is 11.6. The van der Waals surface area contributed by atoms with Crippen molar-refractivity contribution in [1.29, 1.82) is 0 Å². The van der Waals surface area contributed by atoms with Crippen LogP contribution in [-0.4, -0.2) is 22.4 Å². The first-order valence-electron chi connectivity index (χ1n) is 4.12. The Bertz CT molecular complexity index is 415. The van der Waals surface area contributed by atoms with Gasteiger partial charge in [0.2, 0.25) is 11.3 Å². The van der Waals surface area contributed by atoms with Crippen LogP contribution in [0.5, 0.6) is 0 Å². The van der Waals surface area contributed by atoms with Crippen molar-refractivity contribution in [2.45, 2.75) is 13.8 Å². The van der Waals surface area contributed by atoms with Gasteiger partial charge in [0.25, 0.3) is 0 Å². The molecular formula is C8H10O6P. The lowest BCUT2D eigenvalue weighted by molar-refractivity contribution is 0.0490. The van der Waals surface area contributed by atoms with Crippen LogP contribution in [0.3, 0.4) is 0 Å². The van der Waals surface area contributed by atoms with Gasteiger partial charge in [-0.2, -0.15) is 0 Å². The zero-order valence-corrected chi connectivity index (χ0v) is 9.08. The lowest BCUT2D eigenvalue weighted by Crippen LogP contribution is -2.05. The largest absolute Gasteiger partial charge is 0.460 e. The molecule has 0 atom stereocenters. The molecule has 0 aliphatic rings. The van der Waals surface area contributed by atoms with E-state index < -0.39 is 19.1 Å². The van der Waals surface area contributed by atoms with Crippen LogP contribution in [-0.2, 0) is 9.30 Å². The Morgan fingerprint density at radius 2 is 2.20 bits per heavy atom. The molecule has 1 radical (unpaired) electrons. The summed E-state index contributed by atoms with van der Waals surface area (Å²) in [5, 5.41) is 0. The fraction of sp³-hybridized carbons (Fsp3) is 0.375. The maximum atomic E-state index is 11.2. The highest BCUT2D eigenvalue weighted by molar-refractivity contribution is 7.59. The van der Waals surface area contributed by atoms with E-state index in [4.69, 9.17) is 14.2 Å². The molecule has 1 aromatic rings. The van der Waals surface area contributed by atoms with Gasteiger partial charge in [0.1, 0.15) is 0 Å². The molecule has 7 heteroatoms. The molecule has 6 nitrogen and oxygen atoms in total. The van der Waals surface area contributed by atoms with E-state index in [0.717, 1.165) is 0 Å². The lowest BCUT2D eigenvalue weighted by Gasteiger charge is -1.99. The summed E-state index contributed by atoms with van der Waals surface area (Å²) in [4.78, 5) is 28.8. The van der Waals surface area contributed by atoms with Gasteiger partial charge in [-0.25, -0.2) is 4.79 Å². The summed E-state index contributed by atoms with van der Waals surface area (Å²) in [6.07, 6.45) is 0. The van der Waals surface area contributed by atoms with E-state index in [1.54, 1.807) is 6.92 Å². The molecule has 15 heavy (non-hydrogen) atoms. The van der Waals surface area contributed by atoms with E-state index in [2.05, 4.69) is 10.8 Å². The Kier molecular flexibility index (Phi) is 3.34. The number of ether oxygens (including phenoxy) is 1. The number of hydrogen-bond acceptors (Lipinski definition) is 4. The third-order valence-electron chi connectivity index (χ3n) is 1.56. The Labute approximate surface area is 86.0 Å². The van der Waals surface area contributed by atoms with Crippen molar-refractivity contribution in [1.82, 2.24) is 0 Å². The van der Waals surface area contributed by atoms with Gasteiger partial charge in [-0.1, -0.05) is 0 Å². The molecule has 0 spiro atoms. The second-order valence-corrected chi connectivity index (χ2v) is 4.25. The van der Waals surface area contributed by atoms with Gasteiger partial charge in [-0.05, 0) is 13.8 Å². The highest BCUT2D eigenvalue weighted by atomic mass is 31.2. The smallest absolute Gasteiger partial charge is 0.391 e. The minimum absolute atomic E-state index is 0.157. The summed E-state index contributed by atoms with van der Waals surface area (Å²) in [5.41, 5.74) is -0.435. The highest BCUT2D eigenvalue weighted by Gasteiger charge is 2.27. The number of hydrogen-bond donors (Lipinski definition) is 2. The predicted molar refractivity (Wildman–Crippen MR) is 49.9 cm³/mol. The molecule has 0 saturated heterocycles. The standard InChI is InChI=1S/C8H10O6P/c1-3-13-8(9)7-5(2)4-6(14-7)15(10,11)12/h3H2,1-2H3,(H2,10,11,12). The molecule has 1 heterocycles. The van der Waals surface area contributed by atoms with Crippen LogP contribution in [0, 0.1) is 13.0 Å². The van der Waals surface area contributed by atoms with E-state index in [1.165, 1.54) is 6.92 Å². The SMILES string of the molecule is CCOC(=O)c1oc(P(=O)(O)O)[c]c1C. The highest BCUT2D eigenvalue weighted by Crippen LogP contribution is 2.34. The average Bonchev–Trinajstić information content (AvgIpc) is 2.47. The van der Waals surface area contributed by atoms with Crippen molar-refractivity contribution < 1.29 is 28.3 Å². The molecule has 2 N–H and O–H groups in total. The Morgan fingerprint density at radius 3 is 2.60 bits per heavy atom. The topological polar surface area (TPSA) is 97.0 Å².